The van der Waals surface area contributed by atoms with Crippen LogP contribution in [0, 0.1) is 5.41 Å². The van der Waals surface area contributed by atoms with Crippen LogP contribution in [0.15, 0.2) is 0 Å². The van der Waals surface area contributed by atoms with E-state index in [1.54, 1.807) is 0 Å². The molecule has 2 N–H and O–H groups in total. The number of Topliss-reactive ketones (excluding diaryl/α,β-unsaturated/α-hetero) is 1. The van der Waals surface area contributed by atoms with Gasteiger partial charge in [0.05, 0.1) is 0 Å². The van der Waals surface area contributed by atoms with Gasteiger partial charge in [0.25, 0.3) is 0 Å². The summed E-state index contributed by atoms with van der Waals surface area (Å²) < 4.78 is 0. The molecule has 0 unspecified atom stereocenters. The molecular formula is C10H19NO. The van der Waals surface area contributed by atoms with Crippen LogP contribution in [-0.4, -0.2) is 12.3 Å². The molecule has 70 valence electrons. The van der Waals surface area contributed by atoms with E-state index >= 15 is 0 Å². The minimum atomic E-state index is -0.0618. The average Bonchev–Trinajstić information content (AvgIpc) is 2.85. The molecular weight excluding hydrogens is 150 g/mol. The third-order valence-corrected chi connectivity index (χ3v) is 2.84. The molecule has 1 aliphatic carbocycles. The molecule has 1 saturated carbocycles. The molecule has 0 aromatic carbocycles. The lowest BCUT2D eigenvalue weighted by molar-refractivity contribution is -0.123. The topological polar surface area (TPSA) is 43.1 Å². The first kappa shape index (κ1) is 9.72. The lowest BCUT2D eigenvalue weighted by atomic mass is 9.96. The zero-order chi connectivity index (χ0) is 9.03. The fraction of sp³-hybridized carbons (Fsp3) is 0.900. The predicted molar refractivity (Wildman–Crippen MR) is 49.9 cm³/mol. The molecule has 0 aromatic heterocycles. The second-order valence-corrected chi connectivity index (χ2v) is 3.86. The van der Waals surface area contributed by atoms with E-state index in [0.29, 0.717) is 12.3 Å². The number of rotatable bonds is 6. The molecule has 1 fully saturated rings. The largest absolute Gasteiger partial charge is 0.329 e. The van der Waals surface area contributed by atoms with Crippen LogP contribution >= 0.6 is 0 Å². The van der Waals surface area contributed by atoms with Crippen LogP contribution in [0.3, 0.4) is 0 Å². The fourth-order valence-corrected chi connectivity index (χ4v) is 1.55. The maximum Gasteiger partial charge on any atom is 0.140 e. The molecule has 1 rings (SSSR count). The quantitative estimate of drug-likeness (QED) is 0.617. The van der Waals surface area contributed by atoms with Gasteiger partial charge in [-0.1, -0.05) is 19.8 Å². The van der Waals surface area contributed by atoms with Gasteiger partial charge in [0.2, 0.25) is 0 Å². The number of ketones is 1. The number of nitrogens with two attached hydrogens (primary N) is 1. The van der Waals surface area contributed by atoms with E-state index in [4.69, 9.17) is 5.73 Å². The number of unbranched alkanes of at least 4 members (excludes halogenated alkanes) is 2. The highest BCUT2D eigenvalue weighted by Gasteiger charge is 2.47. The molecule has 1 aliphatic rings. The Balaban J connectivity index is 2.20. The van der Waals surface area contributed by atoms with Crippen LogP contribution in [0.4, 0.5) is 0 Å². The summed E-state index contributed by atoms with van der Waals surface area (Å²) in [7, 11) is 0. The molecule has 0 aliphatic heterocycles. The van der Waals surface area contributed by atoms with Crippen molar-refractivity contribution in [3.63, 3.8) is 0 Å². The van der Waals surface area contributed by atoms with Crippen molar-refractivity contribution in [3.8, 4) is 0 Å². The van der Waals surface area contributed by atoms with Gasteiger partial charge in [-0.3, -0.25) is 4.79 Å². The van der Waals surface area contributed by atoms with Crippen LogP contribution < -0.4 is 5.73 Å². The molecule has 12 heavy (non-hydrogen) atoms. The van der Waals surface area contributed by atoms with Crippen molar-refractivity contribution >= 4 is 5.78 Å². The van der Waals surface area contributed by atoms with Gasteiger partial charge >= 0.3 is 0 Å². The Morgan fingerprint density at radius 1 is 1.42 bits per heavy atom. The van der Waals surface area contributed by atoms with E-state index in [9.17, 15) is 4.79 Å². The lowest BCUT2D eigenvalue weighted by Gasteiger charge is -2.09. The standard InChI is InChI=1S/C10H19NO/c1-2-3-4-5-9(12)10(8-11)6-7-10/h2-8,11H2,1H3. The van der Waals surface area contributed by atoms with Crippen molar-refractivity contribution in [1.82, 2.24) is 0 Å². The lowest BCUT2D eigenvalue weighted by Crippen LogP contribution is -2.24. The van der Waals surface area contributed by atoms with E-state index in [1.165, 1.54) is 12.8 Å². The first-order chi connectivity index (χ1) is 5.75. The van der Waals surface area contributed by atoms with Crippen LogP contribution in [0.2, 0.25) is 0 Å². The average molecular weight is 169 g/mol. The van der Waals surface area contributed by atoms with Gasteiger partial charge in [0.1, 0.15) is 5.78 Å². The minimum Gasteiger partial charge on any atom is -0.329 e. The van der Waals surface area contributed by atoms with Gasteiger partial charge in [-0.05, 0) is 19.3 Å². The maximum absolute atomic E-state index is 11.6. The Morgan fingerprint density at radius 3 is 2.50 bits per heavy atom. The number of hydrogen-bond donors (Lipinski definition) is 1. The summed E-state index contributed by atoms with van der Waals surface area (Å²) in [5, 5.41) is 0. The first-order valence-corrected chi connectivity index (χ1v) is 4.98. The molecule has 0 radical (unpaired) electrons. The third-order valence-electron chi connectivity index (χ3n) is 2.84. The molecule has 0 saturated heterocycles. The van der Waals surface area contributed by atoms with Crippen LogP contribution in [0.5, 0.6) is 0 Å². The van der Waals surface area contributed by atoms with Gasteiger partial charge in [0.15, 0.2) is 0 Å². The Hall–Kier alpha value is -0.370. The van der Waals surface area contributed by atoms with E-state index in [2.05, 4.69) is 6.92 Å². The van der Waals surface area contributed by atoms with Gasteiger partial charge in [0, 0.05) is 18.4 Å². The van der Waals surface area contributed by atoms with Crippen molar-refractivity contribution in [3.05, 3.63) is 0 Å². The molecule has 0 atom stereocenters. The highest BCUT2D eigenvalue weighted by atomic mass is 16.1. The molecule has 0 aromatic rings. The van der Waals surface area contributed by atoms with Crippen molar-refractivity contribution in [2.75, 3.05) is 6.54 Å². The number of carbonyl (C=O) groups excluding carboxylic acids is 1. The van der Waals surface area contributed by atoms with Crippen molar-refractivity contribution in [1.29, 1.82) is 0 Å². The second kappa shape index (κ2) is 4.04. The number of hydrogen-bond acceptors (Lipinski definition) is 2. The van der Waals surface area contributed by atoms with E-state index < -0.39 is 0 Å². The highest BCUT2D eigenvalue weighted by molar-refractivity contribution is 5.87. The van der Waals surface area contributed by atoms with Crippen molar-refractivity contribution in [2.24, 2.45) is 11.1 Å². The summed E-state index contributed by atoms with van der Waals surface area (Å²) in [4.78, 5) is 11.6. The van der Waals surface area contributed by atoms with Crippen LogP contribution in [0.25, 0.3) is 0 Å². The molecule has 2 heteroatoms. The van der Waals surface area contributed by atoms with Gasteiger partial charge in [-0.25, -0.2) is 0 Å². The zero-order valence-corrected chi connectivity index (χ0v) is 7.94. The summed E-state index contributed by atoms with van der Waals surface area (Å²) >= 11 is 0. The zero-order valence-electron chi connectivity index (χ0n) is 7.94. The molecule has 0 bridgehead atoms. The summed E-state index contributed by atoms with van der Waals surface area (Å²) in [6.07, 6.45) is 6.24. The molecule has 2 nitrogen and oxygen atoms in total. The van der Waals surface area contributed by atoms with Crippen molar-refractivity contribution < 1.29 is 4.79 Å². The Kier molecular flexibility index (Phi) is 3.27. The molecule has 0 amide bonds. The molecule has 0 heterocycles. The summed E-state index contributed by atoms with van der Waals surface area (Å²) in [6, 6.07) is 0. The van der Waals surface area contributed by atoms with E-state index in [0.717, 1.165) is 25.7 Å². The predicted octanol–water partition coefficient (Wildman–Crippen LogP) is 1.87. The summed E-state index contributed by atoms with van der Waals surface area (Å²) in [5.74, 6) is 0.415. The summed E-state index contributed by atoms with van der Waals surface area (Å²) in [6.45, 7) is 2.72. The second-order valence-electron chi connectivity index (χ2n) is 3.86. The Morgan fingerprint density at radius 2 is 2.08 bits per heavy atom. The smallest absolute Gasteiger partial charge is 0.140 e. The minimum absolute atomic E-state index is 0.0618. The van der Waals surface area contributed by atoms with Gasteiger partial charge in [-0.2, -0.15) is 0 Å². The first-order valence-electron chi connectivity index (χ1n) is 4.98. The highest BCUT2D eigenvalue weighted by Crippen LogP contribution is 2.46. The van der Waals surface area contributed by atoms with Crippen molar-refractivity contribution in [2.45, 2.75) is 45.4 Å². The van der Waals surface area contributed by atoms with Gasteiger partial charge in [-0.15, -0.1) is 0 Å². The normalized spacial score (nSPS) is 19.2. The summed E-state index contributed by atoms with van der Waals surface area (Å²) in [5.41, 5.74) is 5.49. The monoisotopic (exact) mass is 169 g/mol. The SMILES string of the molecule is CCCCCC(=O)C1(CN)CC1. The van der Waals surface area contributed by atoms with E-state index in [-0.39, 0.29) is 5.41 Å². The third kappa shape index (κ3) is 2.07. The van der Waals surface area contributed by atoms with Gasteiger partial charge < -0.3 is 5.73 Å². The Labute approximate surface area is 74.5 Å². The fourth-order valence-electron chi connectivity index (χ4n) is 1.55. The number of carbonyl (C=O) groups is 1. The Bertz CT molecular complexity index is 161. The maximum atomic E-state index is 11.6. The van der Waals surface area contributed by atoms with Crippen LogP contribution in [0.1, 0.15) is 45.4 Å². The molecule has 0 spiro atoms. The van der Waals surface area contributed by atoms with Crippen LogP contribution in [-0.2, 0) is 4.79 Å². The van der Waals surface area contributed by atoms with E-state index in [1.807, 2.05) is 0 Å².